The lowest BCUT2D eigenvalue weighted by Gasteiger charge is -2.26. The minimum absolute atomic E-state index is 0.176. The number of pyridine rings is 1. The van der Waals surface area contributed by atoms with Crippen molar-refractivity contribution in [1.29, 1.82) is 0 Å². The third-order valence-corrected chi connectivity index (χ3v) is 3.21. The van der Waals surface area contributed by atoms with Crippen LogP contribution in [0.5, 0.6) is 0 Å². The summed E-state index contributed by atoms with van der Waals surface area (Å²) in [6.07, 6.45) is 3.13. The van der Waals surface area contributed by atoms with E-state index in [1.807, 2.05) is 0 Å². The highest BCUT2D eigenvalue weighted by Gasteiger charge is 2.18. The Kier molecular flexibility index (Phi) is 3.89. The molecule has 2 aromatic rings. The van der Waals surface area contributed by atoms with Crippen LogP contribution in [0.1, 0.15) is 10.5 Å². The van der Waals surface area contributed by atoms with E-state index in [2.05, 4.69) is 15.0 Å². The van der Waals surface area contributed by atoms with Crippen LogP contribution in [-0.2, 0) is 9.47 Å². The summed E-state index contributed by atoms with van der Waals surface area (Å²) in [6.45, 7) is 4.22. The SMILES string of the molecule is O=C(OCCN1CCOCC1)c1noc2ccncc12. The van der Waals surface area contributed by atoms with Gasteiger partial charge in [-0.15, -0.1) is 0 Å². The van der Waals surface area contributed by atoms with E-state index in [-0.39, 0.29) is 5.69 Å². The van der Waals surface area contributed by atoms with E-state index in [0.717, 1.165) is 26.3 Å². The summed E-state index contributed by atoms with van der Waals surface area (Å²) in [6, 6.07) is 1.66. The average molecular weight is 277 g/mol. The summed E-state index contributed by atoms with van der Waals surface area (Å²) in [7, 11) is 0. The van der Waals surface area contributed by atoms with E-state index in [1.165, 1.54) is 0 Å². The predicted molar refractivity (Wildman–Crippen MR) is 69.3 cm³/mol. The molecule has 0 aliphatic carbocycles. The molecule has 20 heavy (non-hydrogen) atoms. The van der Waals surface area contributed by atoms with Gasteiger partial charge in [0.2, 0.25) is 5.69 Å². The molecule has 0 N–H and O–H groups in total. The Morgan fingerprint density at radius 3 is 3.10 bits per heavy atom. The smallest absolute Gasteiger partial charge is 0.361 e. The van der Waals surface area contributed by atoms with Crippen molar-refractivity contribution in [3.8, 4) is 0 Å². The number of rotatable bonds is 4. The van der Waals surface area contributed by atoms with Gasteiger partial charge in [0.1, 0.15) is 6.61 Å². The lowest BCUT2D eigenvalue weighted by molar-refractivity contribution is 0.0192. The van der Waals surface area contributed by atoms with Crippen LogP contribution in [0.2, 0.25) is 0 Å². The van der Waals surface area contributed by atoms with Crippen molar-refractivity contribution in [3.05, 3.63) is 24.2 Å². The molecule has 7 heteroatoms. The van der Waals surface area contributed by atoms with Gasteiger partial charge in [-0.05, 0) is 0 Å². The Hall–Kier alpha value is -1.99. The molecular formula is C13H15N3O4. The molecule has 1 fully saturated rings. The molecule has 0 atom stereocenters. The number of hydrogen-bond donors (Lipinski definition) is 0. The van der Waals surface area contributed by atoms with Crippen LogP contribution in [0, 0.1) is 0 Å². The van der Waals surface area contributed by atoms with E-state index in [4.69, 9.17) is 14.0 Å². The van der Waals surface area contributed by atoms with Gasteiger partial charge < -0.3 is 14.0 Å². The second-order valence-electron chi connectivity index (χ2n) is 4.49. The molecule has 0 amide bonds. The summed E-state index contributed by atoms with van der Waals surface area (Å²) >= 11 is 0. The van der Waals surface area contributed by atoms with Gasteiger partial charge in [-0.1, -0.05) is 5.16 Å². The van der Waals surface area contributed by atoms with Gasteiger partial charge >= 0.3 is 5.97 Å². The Labute approximate surface area is 115 Å². The first-order chi connectivity index (χ1) is 9.84. The molecule has 106 valence electrons. The van der Waals surface area contributed by atoms with E-state index in [0.29, 0.717) is 24.1 Å². The van der Waals surface area contributed by atoms with Gasteiger partial charge in [-0.3, -0.25) is 9.88 Å². The van der Waals surface area contributed by atoms with Crippen molar-refractivity contribution < 1.29 is 18.8 Å². The van der Waals surface area contributed by atoms with Crippen LogP contribution in [0.3, 0.4) is 0 Å². The predicted octanol–water partition coefficient (Wildman–Crippen LogP) is 0.712. The molecule has 0 saturated carbocycles. The molecule has 1 aliphatic heterocycles. The number of fused-ring (bicyclic) bond motifs is 1. The van der Waals surface area contributed by atoms with Gasteiger partial charge in [0.15, 0.2) is 5.58 Å². The highest BCUT2D eigenvalue weighted by molar-refractivity contribution is 6.00. The summed E-state index contributed by atoms with van der Waals surface area (Å²) in [5.41, 5.74) is 0.704. The van der Waals surface area contributed by atoms with E-state index in [1.54, 1.807) is 18.5 Å². The number of esters is 1. The second kappa shape index (κ2) is 5.98. The zero-order valence-electron chi connectivity index (χ0n) is 10.9. The first-order valence-electron chi connectivity index (χ1n) is 6.51. The molecule has 0 bridgehead atoms. The van der Waals surface area contributed by atoms with Crippen LogP contribution >= 0.6 is 0 Å². The number of nitrogens with zero attached hydrogens (tertiary/aromatic N) is 3. The number of hydrogen-bond acceptors (Lipinski definition) is 7. The van der Waals surface area contributed by atoms with Gasteiger partial charge in [0.25, 0.3) is 0 Å². The lowest BCUT2D eigenvalue weighted by Crippen LogP contribution is -2.38. The fourth-order valence-corrected chi connectivity index (χ4v) is 2.09. The van der Waals surface area contributed by atoms with E-state index in [9.17, 15) is 4.79 Å². The maximum Gasteiger partial charge on any atom is 0.361 e. The van der Waals surface area contributed by atoms with Crippen molar-refractivity contribution in [2.75, 3.05) is 39.5 Å². The molecule has 0 spiro atoms. The highest BCUT2D eigenvalue weighted by Crippen LogP contribution is 2.17. The number of ether oxygens (including phenoxy) is 2. The molecular weight excluding hydrogens is 262 g/mol. The van der Waals surface area contributed by atoms with Crippen molar-refractivity contribution in [2.45, 2.75) is 0 Å². The Balaban J connectivity index is 1.56. The highest BCUT2D eigenvalue weighted by atomic mass is 16.5. The largest absolute Gasteiger partial charge is 0.459 e. The topological polar surface area (TPSA) is 77.7 Å². The minimum atomic E-state index is -0.481. The van der Waals surface area contributed by atoms with Crippen LogP contribution in [0.15, 0.2) is 23.0 Å². The second-order valence-corrected chi connectivity index (χ2v) is 4.49. The summed E-state index contributed by atoms with van der Waals surface area (Å²) in [5.74, 6) is -0.481. The minimum Gasteiger partial charge on any atom is -0.459 e. The third-order valence-electron chi connectivity index (χ3n) is 3.21. The molecule has 0 aromatic carbocycles. The molecule has 1 saturated heterocycles. The molecule has 1 aliphatic rings. The van der Waals surface area contributed by atoms with Crippen LogP contribution < -0.4 is 0 Å². The van der Waals surface area contributed by atoms with E-state index >= 15 is 0 Å². The van der Waals surface area contributed by atoms with Crippen molar-refractivity contribution in [2.24, 2.45) is 0 Å². The number of carbonyl (C=O) groups excluding carboxylic acids is 1. The average Bonchev–Trinajstić information content (AvgIpc) is 2.92. The molecule has 7 nitrogen and oxygen atoms in total. The third kappa shape index (κ3) is 2.78. The van der Waals surface area contributed by atoms with Crippen LogP contribution in [0.25, 0.3) is 11.0 Å². The van der Waals surface area contributed by atoms with Gasteiger partial charge in [-0.2, -0.15) is 0 Å². The number of carbonyl (C=O) groups is 1. The normalized spacial score (nSPS) is 16.4. The van der Waals surface area contributed by atoms with Crippen LogP contribution in [-0.4, -0.2) is 60.5 Å². The molecule has 0 radical (unpaired) electrons. The monoisotopic (exact) mass is 277 g/mol. The van der Waals surface area contributed by atoms with Crippen molar-refractivity contribution >= 4 is 16.9 Å². The first kappa shape index (κ1) is 13.0. The maximum atomic E-state index is 11.9. The number of aromatic nitrogens is 2. The zero-order chi connectivity index (χ0) is 13.8. The van der Waals surface area contributed by atoms with Gasteiger partial charge in [0.05, 0.1) is 18.6 Å². The fourth-order valence-electron chi connectivity index (χ4n) is 2.09. The van der Waals surface area contributed by atoms with Crippen molar-refractivity contribution in [3.63, 3.8) is 0 Å². The number of morpholine rings is 1. The lowest BCUT2D eigenvalue weighted by atomic mass is 10.2. The molecule has 0 unspecified atom stereocenters. The molecule has 3 rings (SSSR count). The zero-order valence-corrected chi connectivity index (χ0v) is 10.9. The Morgan fingerprint density at radius 1 is 1.40 bits per heavy atom. The summed E-state index contributed by atoms with van der Waals surface area (Å²) in [4.78, 5) is 18.1. The quantitative estimate of drug-likeness (QED) is 0.762. The van der Waals surface area contributed by atoms with Gasteiger partial charge in [-0.25, -0.2) is 4.79 Å². The summed E-state index contributed by atoms with van der Waals surface area (Å²) < 4.78 is 15.5. The van der Waals surface area contributed by atoms with E-state index < -0.39 is 5.97 Å². The summed E-state index contributed by atoms with van der Waals surface area (Å²) in [5, 5.41) is 4.31. The molecule has 2 aromatic heterocycles. The van der Waals surface area contributed by atoms with Crippen molar-refractivity contribution in [1.82, 2.24) is 15.0 Å². The van der Waals surface area contributed by atoms with Gasteiger partial charge in [0, 0.05) is 38.1 Å². The van der Waals surface area contributed by atoms with Crippen LogP contribution in [0.4, 0.5) is 0 Å². The molecule has 3 heterocycles. The Bertz CT molecular complexity index is 592. The fraction of sp³-hybridized carbons (Fsp3) is 0.462. The maximum absolute atomic E-state index is 11.9. The Morgan fingerprint density at radius 2 is 2.25 bits per heavy atom. The standard InChI is InChI=1S/C13H15N3O4/c17-13(19-8-5-16-3-6-18-7-4-16)12-10-9-14-2-1-11(10)20-15-12/h1-2,9H,3-8H2. The first-order valence-corrected chi connectivity index (χ1v) is 6.51.